The third-order valence-corrected chi connectivity index (χ3v) is 5.62. The molecule has 152 valence electrons. The lowest BCUT2D eigenvalue weighted by molar-refractivity contribution is 0.241. The number of rotatable bonds is 8. The molecule has 1 aromatic heterocycles. The fraction of sp³-hybridized carbons (Fsp3) is 0.273. The quantitative estimate of drug-likeness (QED) is 0.541. The van der Waals surface area contributed by atoms with Crippen LogP contribution in [-0.2, 0) is 12.3 Å². The first kappa shape index (κ1) is 20.9. The molecule has 7 heteroatoms. The molecule has 0 atom stereocenters. The smallest absolute Gasteiger partial charge is 0.315 e. The van der Waals surface area contributed by atoms with Crippen LogP contribution < -0.4 is 10.6 Å². The minimum absolute atomic E-state index is 0.188. The Morgan fingerprint density at radius 1 is 1.07 bits per heavy atom. The molecule has 0 aliphatic rings. The largest absolute Gasteiger partial charge is 0.337 e. The van der Waals surface area contributed by atoms with Crippen LogP contribution in [0.1, 0.15) is 22.5 Å². The molecule has 0 aliphatic heterocycles. The van der Waals surface area contributed by atoms with Gasteiger partial charge in [0.2, 0.25) is 0 Å². The van der Waals surface area contributed by atoms with Gasteiger partial charge in [0.15, 0.2) is 0 Å². The zero-order valence-corrected chi connectivity index (χ0v) is 17.4. The van der Waals surface area contributed by atoms with Gasteiger partial charge in [0, 0.05) is 35.9 Å². The lowest BCUT2D eigenvalue weighted by Gasteiger charge is -2.09. The van der Waals surface area contributed by atoms with Gasteiger partial charge in [0.1, 0.15) is 5.82 Å². The summed E-state index contributed by atoms with van der Waals surface area (Å²) in [6.07, 6.45) is 0. The number of amides is 2. The maximum absolute atomic E-state index is 13.6. The number of carbonyl (C=O) groups is 1. The number of aryl methyl sites for hydroxylation is 1. The minimum Gasteiger partial charge on any atom is -0.337 e. The van der Waals surface area contributed by atoms with Gasteiger partial charge in [0.05, 0.1) is 11.4 Å². The molecule has 0 unspecified atom stereocenters. The van der Waals surface area contributed by atoms with E-state index in [-0.39, 0.29) is 11.8 Å². The number of thioether (sulfide) groups is 1. The monoisotopic (exact) mass is 412 g/mol. The molecule has 0 aliphatic carbocycles. The van der Waals surface area contributed by atoms with E-state index in [1.165, 1.54) is 6.07 Å². The highest BCUT2D eigenvalue weighted by molar-refractivity contribution is 7.98. The summed E-state index contributed by atoms with van der Waals surface area (Å²) in [6, 6.07) is 16.5. The molecule has 29 heavy (non-hydrogen) atoms. The van der Waals surface area contributed by atoms with E-state index in [4.69, 9.17) is 0 Å². The van der Waals surface area contributed by atoms with Crippen LogP contribution in [0.4, 0.5) is 9.18 Å². The maximum atomic E-state index is 13.6. The molecule has 0 bridgehead atoms. The first-order valence-electron chi connectivity index (χ1n) is 9.49. The van der Waals surface area contributed by atoms with E-state index >= 15 is 0 Å². The number of para-hydroxylation sites is 1. The summed E-state index contributed by atoms with van der Waals surface area (Å²) in [5, 5.41) is 10.3. The molecular weight excluding hydrogens is 387 g/mol. The van der Waals surface area contributed by atoms with E-state index in [0.717, 1.165) is 22.6 Å². The molecule has 3 rings (SSSR count). The Kier molecular flexibility index (Phi) is 7.30. The Balaban J connectivity index is 1.43. The van der Waals surface area contributed by atoms with Gasteiger partial charge in [-0.3, -0.25) is 0 Å². The van der Waals surface area contributed by atoms with Crippen molar-refractivity contribution in [2.45, 2.75) is 26.1 Å². The molecule has 0 saturated carbocycles. The normalized spacial score (nSPS) is 10.7. The van der Waals surface area contributed by atoms with Gasteiger partial charge in [-0.25, -0.2) is 13.9 Å². The van der Waals surface area contributed by atoms with Crippen molar-refractivity contribution in [1.82, 2.24) is 20.4 Å². The highest BCUT2D eigenvalue weighted by atomic mass is 32.2. The van der Waals surface area contributed by atoms with Crippen LogP contribution >= 0.6 is 11.8 Å². The summed E-state index contributed by atoms with van der Waals surface area (Å²) in [6.45, 7) is 4.88. The predicted octanol–water partition coefficient (Wildman–Crippen LogP) is 4.36. The van der Waals surface area contributed by atoms with Crippen LogP contribution in [-0.4, -0.2) is 28.1 Å². The zero-order valence-electron chi connectivity index (χ0n) is 16.6. The molecule has 2 N–H and O–H groups in total. The fourth-order valence-electron chi connectivity index (χ4n) is 3.02. The third-order valence-electron chi connectivity index (χ3n) is 4.62. The first-order valence-corrected chi connectivity index (χ1v) is 10.6. The van der Waals surface area contributed by atoms with Crippen molar-refractivity contribution < 1.29 is 9.18 Å². The molecule has 3 aromatic rings. The number of hydrogen-bond acceptors (Lipinski definition) is 3. The van der Waals surface area contributed by atoms with Crippen molar-refractivity contribution in [3.05, 3.63) is 82.9 Å². The Bertz CT molecular complexity index is 959. The van der Waals surface area contributed by atoms with Crippen LogP contribution in [0.15, 0.2) is 54.6 Å². The zero-order chi connectivity index (χ0) is 20.6. The number of halogens is 1. The second-order valence-electron chi connectivity index (χ2n) is 6.65. The van der Waals surface area contributed by atoms with E-state index in [2.05, 4.69) is 15.7 Å². The van der Waals surface area contributed by atoms with Crippen LogP contribution in [0, 0.1) is 19.7 Å². The average molecular weight is 413 g/mol. The van der Waals surface area contributed by atoms with Crippen molar-refractivity contribution in [2.75, 3.05) is 12.3 Å². The van der Waals surface area contributed by atoms with E-state index in [0.29, 0.717) is 30.2 Å². The maximum Gasteiger partial charge on any atom is 0.315 e. The number of carbonyl (C=O) groups excluding carboxylic acids is 1. The van der Waals surface area contributed by atoms with E-state index in [1.54, 1.807) is 23.9 Å². The Hall–Kier alpha value is -2.80. The second-order valence-corrected chi connectivity index (χ2v) is 7.76. The van der Waals surface area contributed by atoms with E-state index in [1.807, 2.05) is 54.9 Å². The van der Waals surface area contributed by atoms with Crippen molar-refractivity contribution in [3.8, 4) is 5.69 Å². The molecule has 1 heterocycles. The van der Waals surface area contributed by atoms with Crippen molar-refractivity contribution >= 4 is 17.8 Å². The van der Waals surface area contributed by atoms with Gasteiger partial charge >= 0.3 is 6.03 Å². The van der Waals surface area contributed by atoms with Crippen LogP contribution in [0.5, 0.6) is 0 Å². The van der Waals surface area contributed by atoms with Crippen molar-refractivity contribution in [1.29, 1.82) is 0 Å². The Morgan fingerprint density at radius 3 is 2.55 bits per heavy atom. The minimum atomic E-state index is -0.220. The highest BCUT2D eigenvalue weighted by Crippen LogP contribution is 2.17. The van der Waals surface area contributed by atoms with Gasteiger partial charge in [0.25, 0.3) is 0 Å². The molecular formula is C22H25FN4OS. The summed E-state index contributed by atoms with van der Waals surface area (Å²) in [4.78, 5) is 12.1. The van der Waals surface area contributed by atoms with Gasteiger partial charge in [-0.2, -0.15) is 16.9 Å². The standard InChI is InChI=1S/C22H25FN4OS/c1-16-20(17(2)27(26-16)19-9-4-3-5-10-19)14-25-22(28)24-12-13-29-15-18-8-6-7-11-21(18)23/h3-11H,12-15H2,1-2H3,(H2,24,25,28). The molecule has 5 nitrogen and oxygen atoms in total. The average Bonchev–Trinajstić information content (AvgIpc) is 3.01. The molecule has 0 saturated heterocycles. The van der Waals surface area contributed by atoms with Gasteiger partial charge in [-0.05, 0) is 37.6 Å². The number of nitrogens with one attached hydrogen (secondary N) is 2. The molecule has 2 amide bonds. The molecule has 0 spiro atoms. The fourth-order valence-corrected chi connectivity index (χ4v) is 3.86. The Morgan fingerprint density at radius 2 is 1.79 bits per heavy atom. The summed E-state index contributed by atoms with van der Waals surface area (Å²) < 4.78 is 15.5. The second kappa shape index (κ2) is 10.1. The molecule has 2 aromatic carbocycles. The summed E-state index contributed by atoms with van der Waals surface area (Å²) in [5.41, 5.74) is 4.60. The van der Waals surface area contributed by atoms with Gasteiger partial charge < -0.3 is 10.6 Å². The summed E-state index contributed by atoms with van der Waals surface area (Å²) >= 11 is 1.59. The van der Waals surface area contributed by atoms with Crippen molar-refractivity contribution in [2.24, 2.45) is 0 Å². The third kappa shape index (κ3) is 5.60. The van der Waals surface area contributed by atoms with Gasteiger partial charge in [-0.1, -0.05) is 36.4 Å². The van der Waals surface area contributed by atoms with Crippen LogP contribution in [0.25, 0.3) is 5.69 Å². The number of benzene rings is 2. The lowest BCUT2D eigenvalue weighted by Crippen LogP contribution is -2.36. The highest BCUT2D eigenvalue weighted by Gasteiger charge is 2.13. The lowest BCUT2D eigenvalue weighted by atomic mass is 10.2. The van der Waals surface area contributed by atoms with Crippen molar-refractivity contribution in [3.63, 3.8) is 0 Å². The summed E-state index contributed by atoms with van der Waals surface area (Å²) in [5.74, 6) is 1.12. The Labute approximate surface area is 174 Å². The SMILES string of the molecule is Cc1nn(-c2ccccc2)c(C)c1CNC(=O)NCCSCc1ccccc1F. The van der Waals surface area contributed by atoms with E-state index in [9.17, 15) is 9.18 Å². The first-order chi connectivity index (χ1) is 14.1. The van der Waals surface area contributed by atoms with Gasteiger partial charge in [-0.15, -0.1) is 0 Å². The molecule has 0 radical (unpaired) electrons. The summed E-state index contributed by atoms with van der Waals surface area (Å²) in [7, 11) is 0. The molecule has 0 fully saturated rings. The predicted molar refractivity (Wildman–Crippen MR) is 116 cm³/mol. The topological polar surface area (TPSA) is 59.0 Å². The number of aromatic nitrogens is 2. The van der Waals surface area contributed by atoms with Crippen LogP contribution in [0.2, 0.25) is 0 Å². The van der Waals surface area contributed by atoms with E-state index < -0.39 is 0 Å². The van der Waals surface area contributed by atoms with Crippen LogP contribution in [0.3, 0.4) is 0 Å². The number of nitrogens with zero attached hydrogens (tertiary/aromatic N) is 2. The number of urea groups is 1. The number of hydrogen-bond donors (Lipinski definition) is 2.